The minimum atomic E-state index is -2.10. The lowest BCUT2D eigenvalue weighted by molar-refractivity contribution is 0.182. The fraction of sp³-hybridized carbons (Fsp3) is 0.344. The molecule has 0 aliphatic carbocycles. The number of nitrogens with two attached hydrogens (primary N) is 1. The molecule has 6 aromatic carbocycles. The topological polar surface area (TPSA) is 141 Å². The summed E-state index contributed by atoms with van der Waals surface area (Å²) in [5, 5.41) is 6.38. The molecule has 422 valence electrons. The van der Waals surface area contributed by atoms with Gasteiger partial charge in [-0.05, 0) is 144 Å². The van der Waals surface area contributed by atoms with E-state index in [2.05, 4.69) is 179 Å². The Labute approximate surface area is 496 Å². The van der Waals surface area contributed by atoms with Gasteiger partial charge in [0.15, 0.2) is 16.6 Å². The number of H-pyrrole nitrogens is 2. The number of rotatable bonds is 20. The number of halogens is 3. The van der Waals surface area contributed by atoms with Crippen molar-refractivity contribution in [1.29, 1.82) is 0 Å². The zero-order chi connectivity index (χ0) is 57.4. The van der Waals surface area contributed by atoms with Crippen LogP contribution in [-0.2, 0) is 34.9 Å². The molecule has 0 saturated heterocycles. The van der Waals surface area contributed by atoms with Crippen molar-refractivity contribution in [1.82, 2.24) is 15.3 Å². The predicted octanol–water partition coefficient (Wildman–Crippen LogP) is 16.5. The lowest BCUT2D eigenvalue weighted by Gasteiger charge is -2.39. The van der Waals surface area contributed by atoms with Crippen LogP contribution in [0.1, 0.15) is 88.6 Å². The van der Waals surface area contributed by atoms with Gasteiger partial charge in [-0.15, -0.1) is 0 Å². The molecule has 0 fully saturated rings. The molecule has 0 aliphatic heterocycles. The van der Waals surface area contributed by atoms with E-state index in [4.69, 9.17) is 24.1 Å². The van der Waals surface area contributed by atoms with Crippen LogP contribution >= 0.6 is 47.8 Å². The van der Waals surface area contributed by atoms with E-state index >= 15 is 0 Å². The van der Waals surface area contributed by atoms with Crippen LogP contribution in [0.2, 0.25) is 36.3 Å². The summed E-state index contributed by atoms with van der Waals surface area (Å²) in [6.45, 7) is 25.6. The Bertz CT molecular complexity index is 3300. The van der Waals surface area contributed by atoms with Gasteiger partial charge in [0.25, 0.3) is 0 Å². The normalized spacial score (nSPS) is 12.7. The molecular formula is C64H81Br3N4O6Si2. The fourth-order valence-electron chi connectivity index (χ4n) is 8.16. The second-order valence-corrected chi connectivity index (χ2v) is 34.7. The molecule has 15 heteroatoms. The summed E-state index contributed by atoms with van der Waals surface area (Å²) in [7, 11) is -4.08. The van der Waals surface area contributed by atoms with Crippen molar-refractivity contribution in [3.05, 3.63) is 221 Å². The van der Waals surface area contributed by atoms with Gasteiger partial charge in [0.1, 0.15) is 24.7 Å². The highest BCUT2D eigenvalue weighted by Gasteiger charge is 2.41. The molecule has 8 rings (SSSR count). The minimum Gasteiger partial charge on any atom is -0.487 e. The third-order valence-corrected chi connectivity index (χ3v) is 25.4. The molecule has 2 atom stereocenters. The second kappa shape index (κ2) is 29.2. The predicted molar refractivity (Wildman–Crippen MR) is 346 cm³/mol. The molecule has 0 radical (unpaired) electrons. The number of ether oxygens (including phenoxy) is 2. The van der Waals surface area contributed by atoms with Crippen LogP contribution in [0, 0.1) is 0 Å². The Morgan fingerprint density at radius 2 is 0.937 bits per heavy atom. The van der Waals surface area contributed by atoms with E-state index in [0.29, 0.717) is 47.6 Å². The number of hydrogen-bond donors (Lipinski definition) is 4. The number of alkyl halides is 1. The molecule has 0 saturated carbocycles. The Kier molecular flexibility index (Phi) is 23.3. The van der Waals surface area contributed by atoms with Crippen molar-refractivity contribution in [2.45, 2.75) is 116 Å². The first-order chi connectivity index (χ1) is 37.5. The molecular weight excluding hydrogens is 1220 g/mol. The highest BCUT2D eigenvalue weighted by atomic mass is 79.9. The first-order valence-corrected chi connectivity index (χ1v) is 35.5. The van der Waals surface area contributed by atoms with Crippen molar-refractivity contribution in [3.8, 4) is 11.5 Å². The SMILES string of the molecule is CC(C)(C)[Si](C)(C)O[C@@H](CNCCc1ccc(Br)cc1)c1ccc(OCc2ccccc2)c2[nH]c(=O)ccc12.CC(C)(C)[Si](C)(C)O[C@H](CBr)c1ccc(OCc2ccccc2)c2[nH]c(=O)ccc12.NCCc1ccc(Br)cc1.[HH]. The highest BCUT2D eigenvalue weighted by Crippen LogP contribution is 2.43. The summed E-state index contributed by atoms with van der Waals surface area (Å²) < 4.78 is 28.2. The van der Waals surface area contributed by atoms with Gasteiger partial charge >= 0.3 is 0 Å². The third kappa shape index (κ3) is 18.5. The Balaban J connectivity index is 0.000000253. The molecule has 0 amide bonds. The van der Waals surface area contributed by atoms with Gasteiger partial charge in [-0.2, -0.15) is 0 Å². The summed E-state index contributed by atoms with van der Waals surface area (Å²) in [5.74, 6) is 1.32. The lowest BCUT2D eigenvalue weighted by atomic mass is 10.0. The Morgan fingerprint density at radius 3 is 1.34 bits per heavy atom. The van der Waals surface area contributed by atoms with Gasteiger partial charge in [0.2, 0.25) is 11.1 Å². The molecule has 2 aromatic heterocycles. The molecule has 8 aromatic rings. The van der Waals surface area contributed by atoms with Crippen LogP contribution in [0.4, 0.5) is 0 Å². The van der Waals surface area contributed by atoms with Gasteiger partial charge in [0, 0.05) is 45.2 Å². The van der Waals surface area contributed by atoms with Crippen LogP contribution in [-0.4, -0.2) is 51.6 Å². The Hall–Kier alpha value is -4.95. The van der Waals surface area contributed by atoms with Crippen molar-refractivity contribution in [2.24, 2.45) is 5.73 Å². The van der Waals surface area contributed by atoms with Gasteiger partial charge in [0.05, 0.1) is 23.2 Å². The van der Waals surface area contributed by atoms with E-state index in [9.17, 15) is 9.59 Å². The molecule has 5 N–H and O–H groups in total. The monoisotopic (exact) mass is 1290 g/mol. The standard InChI is InChI=1S/C32H39BrN2O3Si.C24H30BrNO3Si.C8H10BrN.H2/c1-32(2,3)39(4,5)38-29(21-34-20-19-23-11-13-25(33)14-12-23)26-15-17-28(31-27(26)16-18-30(36)35-31)37-22-24-9-7-6-8-10-24;1-24(2,3)30(4,5)29-21(15-25)18-11-13-20(23-19(18)12-14-22(27)26-23)28-16-17-9-7-6-8-10-17;9-8-3-1-7(2-4-8)5-6-10;/h6-18,29,34H,19-22H2,1-5H3,(H,35,36);6-14,21H,15-16H2,1-5H3,(H,26,27);1-4H,5-6,10H2;1H/t29-;21-;;/m01../s1. The van der Waals surface area contributed by atoms with Crippen molar-refractivity contribution >= 4 is 86.2 Å². The maximum atomic E-state index is 12.4. The van der Waals surface area contributed by atoms with Crippen LogP contribution in [0.5, 0.6) is 11.5 Å². The highest BCUT2D eigenvalue weighted by molar-refractivity contribution is 9.10. The summed E-state index contributed by atoms with van der Waals surface area (Å²) in [6, 6.07) is 51.6. The number of hydrogen-bond acceptors (Lipinski definition) is 8. The van der Waals surface area contributed by atoms with Gasteiger partial charge < -0.3 is 39.3 Å². The molecule has 0 spiro atoms. The zero-order valence-corrected chi connectivity index (χ0v) is 54.2. The van der Waals surface area contributed by atoms with Gasteiger partial charge in [-0.3, -0.25) is 9.59 Å². The van der Waals surface area contributed by atoms with Crippen molar-refractivity contribution in [3.63, 3.8) is 0 Å². The summed E-state index contributed by atoms with van der Waals surface area (Å²) in [5.41, 5.74) is 13.3. The number of aromatic amines is 2. The number of nitrogens with one attached hydrogen (secondary N) is 3. The number of pyridine rings is 2. The molecule has 0 bridgehead atoms. The maximum Gasteiger partial charge on any atom is 0.248 e. The van der Waals surface area contributed by atoms with E-state index in [1.54, 1.807) is 12.1 Å². The molecule has 79 heavy (non-hydrogen) atoms. The second-order valence-electron chi connectivity index (χ2n) is 22.7. The molecule has 10 nitrogen and oxygen atoms in total. The maximum absolute atomic E-state index is 12.4. The quantitative estimate of drug-likeness (QED) is 0.0336. The largest absolute Gasteiger partial charge is 0.487 e. The lowest BCUT2D eigenvalue weighted by Crippen LogP contribution is -2.43. The van der Waals surface area contributed by atoms with Crippen LogP contribution in [0.25, 0.3) is 21.8 Å². The van der Waals surface area contributed by atoms with Crippen molar-refractivity contribution in [2.75, 3.05) is 25.0 Å². The van der Waals surface area contributed by atoms with E-state index in [0.717, 1.165) is 67.9 Å². The van der Waals surface area contributed by atoms with E-state index < -0.39 is 16.6 Å². The van der Waals surface area contributed by atoms with Crippen molar-refractivity contribution < 1.29 is 19.8 Å². The average Bonchev–Trinajstić information content (AvgIpc) is 3.41. The van der Waals surface area contributed by atoms with Crippen LogP contribution < -0.4 is 31.6 Å². The minimum absolute atomic E-state index is 0. The smallest absolute Gasteiger partial charge is 0.248 e. The summed E-state index contributed by atoms with van der Waals surface area (Å²) in [4.78, 5) is 30.4. The van der Waals surface area contributed by atoms with Gasteiger partial charge in [-0.25, -0.2) is 0 Å². The molecule has 0 unspecified atom stereocenters. The summed E-state index contributed by atoms with van der Waals surface area (Å²) in [6.07, 6.45) is 1.61. The number of fused-ring (bicyclic) bond motifs is 2. The molecule has 0 aliphatic rings. The van der Waals surface area contributed by atoms with E-state index in [1.807, 2.05) is 97.1 Å². The third-order valence-electron chi connectivity index (χ3n) is 14.8. The van der Waals surface area contributed by atoms with E-state index in [-0.39, 0.29) is 34.8 Å². The van der Waals surface area contributed by atoms with Crippen LogP contribution in [0.15, 0.2) is 176 Å². The molecule has 2 heterocycles. The zero-order valence-electron chi connectivity index (χ0n) is 47.5. The van der Waals surface area contributed by atoms with Crippen LogP contribution in [0.3, 0.4) is 0 Å². The first kappa shape index (κ1) is 63.2. The fourth-order valence-corrected chi connectivity index (χ4v) is 12.0. The van der Waals surface area contributed by atoms with Gasteiger partial charge in [-0.1, -0.05) is 186 Å². The van der Waals surface area contributed by atoms with E-state index in [1.165, 1.54) is 11.1 Å². The number of benzene rings is 6. The first-order valence-electron chi connectivity index (χ1n) is 26.9. The average molecular weight is 1300 g/mol. The Morgan fingerprint density at radius 1 is 0.532 bits per heavy atom. The summed E-state index contributed by atoms with van der Waals surface area (Å²) >= 11 is 10.5. The number of aromatic nitrogens is 2.